The summed E-state index contributed by atoms with van der Waals surface area (Å²) in [6.07, 6.45) is -2.33. The molecule has 0 radical (unpaired) electrons. The van der Waals surface area contributed by atoms with E-state index < -0.39 is 23.9 Å². The summed E-state index contributed by atoms with van der Waals surface area (Å²) in [5.74, 6) is -0.515. The Balaban J connectivity index is 2.78. The summed E-state index contributed by atoms with van der Waals surface area (Å²) in [6.45, 7) is -0.0459. The molecule has 1 aliphatic heterocycles. The summed E-state index contributed by atoms with van der Waals surface area (Å²) in [7, 11) is 0. The maximum Gasteiger partial charge on any atom is 0.431 e. The fourth-order valence-electron chi connectivity index (χ4n) is 1.10. The lowest BCUT2D eigenvalue weighted by Crippen LogP contribution is -2.38. The first kappa shape index (κ1) is 12.2. The Hall–Kier alpha value is -0.850. The van der Waals surface area contributed by atoms with Crippen LogP contribution in [0.15, 0.2) is 11.8 Å². The number of ether oxygens (including phenoxy) is 1. The van der Waals surface area contributed by atoms with Crippen molar-refractivity contribution < 1.29 is 22.7 Å². The zero-order valence-electron chi connectivity index (χ0n) is 7.93. The second-order valence-electron chi connectivity index (χ2n) is 2.98. The zero-order valence-corrected chi connectivity index (χ0v) is 8.74. The van der Waals surface area contributed by atoms with Crippen LogP contribution in [0, 0.1) is 0 Å². The third-order valence-corrected chi connectivity index (χ3v) is 2.46. The van der Waals surface area contributed by atoms with Crippen LogP contribution in [0.5, 0.6) is 0 Å². The van der Waals surface area contributed by atoms with Gasteiger partial charge in [-0.1, -0.05) is 0 Å². The molecule has 0 aliphatic carbocycles. The van der Waals surface area contributed by atoms with E-state index >= 15 is 0 Å². The molecular formula is C8H10F3NO2S. The summed E-state index contributed by atoms with van der Waals surface area (Å²) >= 11 is 1.38. The van der Waals surface area contributed by atoms with Crippen LogP contribution >= 0.6 is 11.8 Å². The van der Waals surface area contributed by atoms with Crippen molar-refractivity contribution in [2.75, 3.05) is 18.6 Å². The highest BCUT2D eigenvalue weighted by molar-refractivity contribution is 7.98. The van der Waals surface area contributed by atoms with Crippen LogP contribution in [0.4, 0.5) is 13.2 Å². The first-order valence-electron chi connectivity index (χ1n) is 4.14. The van der Waals surface area contributed by atoms with Gasteiger partial charge in [0.25, 0.3) is 0 Å². The molecule has 1 atom stereocenters. The molecule has 1 rings (SSSR count). The molecule has 0 aromatic rings. The molecule has 0 saturated carbocycles. The van der Waals surface area contributed by atoms with Gasteiger partial charge >= 0.3 is 12.1 Å². The third-order valence-electron chi connectivity index (χ3n) is 1.72. The van der Waals surface area contributed by atoms with E-state index in [1.54, 1.807) is 6.26 Å². The number of carbonyl (C=O) groups excluding carboxylic acids is 1. The Morgan fingerprint density at radius 3 is 2.87 bits per heavy atom. The molecule has 0 amide bonds. The number of carbonyl (C=O) groups is 1. The van der Waals surface area contributed by atoms with E-state index in [0.717, 1.165) is 0 Å². The minimum Gasteiger partial charge on any atom is -0.460 e. The van der Waals surface area contributed by atoms with Crippen LogP contribution in [0.3, 0.4) is 0 Å². The van der Waals surface area contributed by atoms with Crippen molar-refractivity contribution in [3.63, 3.8) is 0 Å². The Bertz CT molecular complexity index is 278. The Morgan fingerprint density at radius 1 is 1.67 bits per heavy atom. The number of hydrogen-bond donors (Lipinski definition) is 1. The Labute approximate surface area is 89.0 Å². The molecule has 15 heavy (non-hydrogen) atoms. The third kappa shape index (κ3) is 3.65. The van der Waals surface area contributed by atoms with E-state index in [2.05, 4.69) is 10.1 Å². The van der Waals surface area contributed by atoms with Crippen molar-refractivity contribution in [1.82, 2.24) is 5.32 Å². The molecule has 1 heterocycles. The number of nitrogens with one attached hydrogen (secondary N) is 1. The van der Waals surface area contributed by atoms with Gasteiger partial charge in [-0.05, 0) is 6.26 Å². The smallest absolute Gasteiger partial charge is 0.431 e. The number of rotatable bonds is 2. The number of hydrogen-bond acceptors (Lipinski definition) is 4. The number of allylic oxidation sites excluding steroid dienone is 1. The standard InChI is InChI=1S/C8H10F3NO2S/c1-15-4-5-3-14-7(13)2-6(12-5)8(9,10)11/h2,5,12H,3-4H2,1H3/t5-/m1/s1. The predicted octanol–water partition coefficient (Wildman–Crippen LogP) is 1.31. The van der Waals surface area contributed by atoms with E-state index in [-0.39, 0.29) is 6.61 Å². The van der Waals surface area contributed by atoms with Crippen molar-refractivity contribution >= 4 is 17.7 Å². The van der Waals surface area contributed by atoms with E-state index in [0.29, 0.717) is 11.8 Å². The molecule has 7 heteroatoms. The molecule has 3 nitrogen and oxygen atoms in total. The van der Waals surface area contributed by atoms with E-state index in [9.17, 15) is 18.0 Å². The minimum atomic E-state index is -4.54. The van der Waals surface area contributed by atoms with Gasteiger partial charge in [0.05, 0.1) is 12.1 Å². The maximum atomic E-state index is 12.4. The topological polar surface area (TPSA) is 38.3 Å². The Morgan fingerprint density at radius 2 is 2.33 bits per heavy atom. The van der Waals surface area contributed by atoms with Crippen molar-refractivity contribution in [2.45, 2.75) is 12.2 Å². The van der Waals surface area contributed by atoms with Crippen LogP contribution in [0.25, 0.3) is 0 Å². The number of esters is 1. The van der Waals surface area contributed by atoms with Crippen molar-refractivity contribution in [3.05, 3.63) is 11.8 Å². The second-order valence-corrected chi connectivity index (χ2v) is 3.89. The summed E-state index contributed by atoms with van der Waals surface area (Å²) in [5, 5.41) is 2.26. The lowest BCUT2D eigenvalue weighted by Gasteiger charge is -2.18. The second kappa shape index (κ2) is 4.78. The zero-order chi connectivity index (χ0) is 11.5. The molecule has 86 valence electrons. The fourth-order valence-corrected chi connectivity index (χ4v) is 1.68. The molecule has 0 saturated heterocycles. The number of thioether (sulfide) groups is 1. The van der Waals surface area contributed by atoms with E-state index in [4.69, 9.17) is 0 Å². The fraction of sp³-hybridized carbons (Fsp3) is 0.625. The van der Waals surface area contributed by atoms with Gasteiger partial charge in [0, 0.05) is 5.75 Å². The van der Waals surface area contributed by atoms with Gasteiger partial charge in [0.15, 0.2) is 0 Å². The van der Waals surface area contributed by atoms with Gasteiger partial charge in [-0.25, -0.2) is 4.79 Å². The van der Waals surface area contributed by atoms with Gasteiger partial charge < -0.3 is 10.1 Å². The highest BCUT2D eigenvalue weighted by Gasteiger charge is 2.37. The van der Waals surface area contributed by atoms with Crippen molar-refractivity contribution in [3.8, 4) is 0 Å². The first-order valence-corrected chi connectivity index (χ1v) is 5.54. The van der Waals surface area contributed by atoms with Crippen LogP contribution < -0.4 is 5.32 Å². The molecular weight excluding hydrogens is 231 g/mol. The van der Waals surface area contributed by atoms with Gasteiger partial charge in [0.1, 0.15) is 12.3 Å². The van der Waals surface area contributed by atoms with Crippen LogP contribution in [0.2, 0.25) is 0 Å². The SMILES string of the molecule is CSC[C@H]1COC(=O)C=C(C(F)(F)F)N1. The molecule has 0 spiro atoms. The average molecular weight is 241 g/mol. The predicted molar refractivity (Wildman–Crippen MR) is 50.4 cm³/mol. The average Bonchev–Trinajstić information content (AvgIpc) is 2.28. The maximum absolute atomic E-state index is 12.4. The molecule has 0 unspecified atom stereocenters. The summed E-state index contributed by atoms with van der Waals surface area (Å²) < 4.78 is 41.7. The highest BCUT2D eigenvalue weighted by atomic mass is 32.2. The van der Waals surface area contributed by atoms with Crippen LogP contribution in [0.1, 0.15) is 0 Å². The summed E-state index contributed by atoms with van der Waals surface area (Å²) in [4.78, 5) is 10.8. The van der Waals surface area contributed by atoms with Crippen molar-refractivity contribution in [1.29, 1.82) is 0 Å². The highest BCUT2D eigenvalue weighted by Crippen LogP contribution is 2.25. The van der Waals surface area contributed by atoms with Gasteiger partial charge in [-0.15, -0.1) is 0 Å². The van der Waals surface area contributed by atoms with Crippen LogP contribution in [-0.4, -0.2) is 36.8 Å². The van der Waals surface area contributed by atoms with Gasteiger partial charge in [-0.3, -0.25) is 0 Å². The molecule has 0 aromatic heterocycles. The van der Waals surface area contributed by atoms with E-state index in [1.807, 2.05) is 0 Å². The molecule has 0 fully saturated rings. The Kier molecular flexibility index (Phi) is 3.90. The summed E-state index contributed by atoms with van der Waals surface area (Å²) in [5.41, 5.74) is -1.04. The largest absolute Gasteiger partial charge is 0.460 e. The monoisotopic (exact) mass is 241 g/mol. The molecule has 1 aliphatic rings. The number of cyclic esters (lactones) is 1. The molecule has 0 bridgehead atoms. The van der Waals surface area contributed by atoms with E-state index in [1.165, 1.54) is 11.8 Å². The lowest BCUT2D eigenvalue weighted by atomic mass is 10.3. The summed E-state index contributed by atoms with van der Waals surface area (Å²) in [6, 6.07) is -0.501. The quantitative estimate of drug-likeness (QED) is 0.740. The first-order chi connectivity index (χ1) is 6.93. The van der Waals surface area contributed by atoms with Crippen LogP contribution in [-0.2, 0) is 9.53 Å². The molecule has 0 aromatic carbocycles. The van der Waals surface area contributed by atoms with Gasteiger partial charge in [-0.2, -0.15) is 24.9 Å². The van der Waals surface area contributed by atoms with Crippen molar-refractivity contribution in [2.24, 2.45) is 0 Å². The normalized spacial score (nSPS) is 22.5. The number of halogens is 3. The minimum absolute atomic E-state index is 0.0459. The lowest BCUT2D eigenvalue weighted by molar-refractivity contribution is -0.138. The molecule has 1 N–H and O–H groups in total. The van der Waals surface area contributed by atoms with Gasteiger partial charge in [0.2, 0.25) is 0 Å². The number of alkyl halides is 3.